The number of pyridine rings is 1. The van der Waals surface area contributed by atoms with Gasteiger partial charge in [0.25, 0.3) is 0 Å². The van der Waals surface area contributed by atoms with Gasteiger partial charge in [-0.2, -0.15) is 0 Å². The number of aromatic nitrogens is 2. The summed E-state index contributed by atoms with van der Waals surface area (Å²) in [5.74, 6) is 1.39. The first-order valence-corrected chi connectivity index (χ1v) is 12.4. The molecule has 3 heterocycles. The first-order valence-electron chi connectivity index (χ1n) is 11.6. The van der Waals surface area contributed by atoms with Crippen molar-refractivity contribution in [1.29, 1.82) is 0 Å². The maximum atomic E-state index is 6.16. The molecule has 0 bridgehead atoms. The number of hydrogen-bond donors (Lipinski definition) is 1. The molecule has 8 heteroatoms. The summed E-state index contributed by atoms with van der Waals surface area (Å²) in [6, 6.07) is 21.5. The van der Waals surface area contributed by atoms with Gasteiger partial charge < -0.3 is 24.3 Å². The van der Waals surface area contributed by atoms with Gasteiger partial charge in [0.2, 0.25) is 0 Å². The molecule has 1 aliphatic rings. The summed E-state index contributed by atoms with van der Waals surface area (Å²) < 4.78 is 13.4. The maximum Gasteiger partial charge on any atom is 0.174 e. The van der Waals surface area contributed by atoms with Crippen LogP contribution in [0.4, 0.5) is 5.69 Å². The molecule has 2 aromatic heterocycles. The van der Waals surface area contributed by atoms with Gasteiger partial charge in [-0.1, -0.05) is 17.7 Å². The van der Waals surface area contributed by atoms with Gasteiger partial charge in [-0.05, 0) is 86.2 Å². The summed E-state index contributed by atoms with van der Waals surface area (Å²) in [5.41, 5.74) is 6.20. The zero-order chi connectivity index (χ0) is 25.4. The quantitative estimate of drug-likeness (QED) is 0.301. The van der Waals surface area contributed by atoms with Gasteiger partial charge in [0.15, 0.2) is 5.11 Å². The van der Waals surface area contributed by atoms with Gasteiger partial charge in [-0.25, -0.2) is 0 Å². The topological polar surface area (TPSA) is 51.5 Å². The summed E-state index contributed by atoms with van der Waals surface area (Å²) in [6.45, 7) is 4.25. The fourth-order valence-corrected chi connectivity index (χ4v) is 5.45. The van der Waals surface area contributed by atoms with Gasteiger partial charge in [-0.15, -0.1) is 0 Å². The van der Waals surface area contributed by atoms with E-state index in [1.54, 1.807) is 14.2 Å². The predicted molar refractivity (Wildman–Crippen MR) is 148 cm³/mol. The number of rotatable bonds is 6. The highest BCUT2D eigenvalue weighted by Crippen LogP contribution is 2.46. The second kappa shape index (κ2) is 9.84. The molecule has 4 aromatic rings. The fraction of sp³-hybridized carbons (Fsp3) is 0.214. The molecule has 0 aliphatic carbocycles. The van der Waals surface area contributed by atoms with Crippen LogP contribution in [0.25, 0.3) is 5.69 Å². The first kappa shape index (κ1) is 24.2. The Hall–Kier alpha value is -3.55. The summed E-state index contributed by atoms with van der Waals surface area (Å²) in [4.78, 5) is 6.80. The molecule has 1 fully saturated rings. The van der Waals surface area contributed by atoms with Crippen molar-refractivity contribution in [2.75, 3.05) is 19.1 Å². The SMILES string of the molecule is COc1ccc(N2C(=S)N[C@@H](c3ccccn3)[C@@H]2c2cc(C)n(-c3ccc(Cl)cc3)c2C)c(OC)c1. The van der Waals surface area contributed by atoms with Gasteiger partial charge in [-0.3, -0.25) is 4.98 Å². The van der Waals surface area contributed by atoms with E-state index in [0.29, 0.717) is 21.6 Å². The van der Waals surface area contributed by atoms with Crippen molar-refractivity contribution < 1.29 is 9.47 Å². The number of hydrogen-bond acceptors (Lipinski definition) is 4. The van der Waals surface area contributed by atoms with Gasteiger partial charge in [0.05, 0.1) is 37.7 Å². The highest BCUT2D eigenvalue weighted by Gasteiger charge is 2.43. The standard InChI is InChI=1S/C28H27ClN4O2S/c1-17-15-22(18(2)32(17)20-10-8-19(29)9-11-20)27-26(23-7-5-6-14-30-23)31-28(36)33(27)24-13-12-21(34-3)16-25(24)35-4/h5-16,26-27H,1-4H3,(H,31,36)/t26-,27-/m0/s1. The smallest absolute Gasteiger partial charge is 0.174 e. The van der Waals surface area contributed by atoms with Crippen LogP contribution in [0.5, 0.6) is 11.5 Å². The van der Waals surface area contributed by atoms with Gasteiger partial charge >= 0.3 is 0 Å². The molecule has 0 spiro atoms. The molecule has 2 atom stereocenters. The first-order chi connectivity index (χ1) is 17.4. The van der Waals surface area contributed by atoms with Gasteiger partial charge in [0.1, 0.15) is 11.5 Å². The molecule has 2 aromatic carbocycles. The van der Waals surface area contributed by atoms with E-state index >= 15 is 0 Å². The Bertz CT molecular complexity index is 1410. The fourth-order valence-electron chi connectivity index (χ4n) is 4.99. The van der Waals surface area contributed by atoms with Crippen LogP contribution in [0.1, 0.15) is 34.7 Å². The average molecular weight is 519 g/mol. The Balaban J connectivity index is 1.69. The number of anilines is 1. The lowest BCUT2D eigenvalue weighted by molar-refractivity contribution is 0.394. The van der Waals surface area contributed by atoms with Crippen molar-refractivity contribution in [3.05, 3.63) is 101 Å². The van der Waals surface area contributed by atoms with Crippen molar-refractivity contribution in [2.45, 2.75) is 25.9 Å². The van der Waals surface area contributed by atoms with E-state index < -0.39 is 0 Å². The number of methoxy groups -OCH3 is 2. The highest BCUT2D eigenvalue weighted by molar-refractivity contribution is 7.80. The number of aryl methyl sites for hydroxylation is 1. The number of halogens is 1. The number of thiocarbonyl (C=S) groups is 1. The summed E-state index contributed by atoms with van der Waals surface area (Å²) in [6.07, 6.45) is 1.81. The molecule has 6 nitrogen and oxygen atoms in total. The zero-order valence-electron chi connectivity index (χ0n) is 20.5. The van der Waals surface area contributed by atoms with E-state index in [4.69, 9.17) is 33.3 Å². The van der Waals surface area contributed by atoms with Crippen LogP contribution in [0.15, 0.2) is 72.9 Å². The highest BCUT2D eigenvalue weighted by atomic mass is 35.5. The number of nitrogens with one attached hydrogen (secondary N) is 1. The molecular formula is C28H27ClN4O2S. The normalized spacial score (nSPS) is 17.2. The van der Waals surface area contributed by atoms with E-state index in [1.165, 1.54) is 0 Å². The van der Waals surface area contributed by atoms with Crippen LogP contribution >= 0.6 is 23.8 Å². The Labute approximate surface area is 221 Å². The molecule has 0 unspecified atom stereocenters. The molecule has 36 heavy (non-hydrogen) atoms. The minimum absolute atomic E-state index is 0.162. The Morgan fingerprint density at radius 3 is 2.42 bits per heavy atom. The lowest BCUT2D eigenvalue weighted by Gasteiger charge is -2.29. The summed E-state index contributed by atoms with van der Waals surface area (Å²) >= 11 is 12.1. The van der Waals surface area contributed by atoms with Crippen molar-refractivity contribution in [1.82, 2.24) is 14.9 Å². The largest absolute Gasteiger partial charge is 0.497 e. The van der Waals surface area contributed by atoms with E-state index in [-0.39, 0.29) is 12.1 Å². The summed E-state index contributed by atoms with van der Waals surface area (Å²) in [5, 5.41) is 4.85. The van der Waals surface area contributed by atoms with Crippen molar-refractivity contribution in [3.8, 4) is 17.2 Å². The number of benzene rings is 2. The third-order valence-corrected chi connectivity index (χ3v) is 7.18. The minimum atomic E-state index is -0.165. The lowest BCUT2D eigenvalue weighted by Crippen LogP contribution is -2.30. The molecule has 0 amide bonds. The van der Waals surface area contributed by atoms with E-state index in [9.17, 15) is 0 Å². The summed E-state index contributed by atoms with van der Waals surface area (Å²) in [7, 11) is 3.30. The predicted octanol–water partition coefficient (Wildman–Crippen LogP) is 6.34. The third-order valence-electron chi connectivity index (χ3n) is 6.62. The van der Waals surface area contributed by atoms with Crippen LogP contribution in [-0.4, -0.2) is 28.9 Å². The van der Waals surface area contributed by atoms with E-state index in [2.05, 4.69) is 39.7 Å². The maximum absolute atomic E-state index is 6.16. The zero-order valence-corrected chi connectivity index (χ0v) is 22.1. The molecule has 1 aliphatic heterocycles. The lowest BCUT2D eigenvalue weighted by atomic mass is 9.96. The molecule has 184 valence electrons. The number of nitrogens with zero attached hydrogens (tertiary/aromatic N) is 3. The van der Waals surface area contributed by atoms with Crippen molar-refractivity contribution in [2.24, 2.45) is 0 Å². The van der Waals surface area contributed by atoms with E-state index in [0.717, 1.165) is 34.0 Å². The molecular weight excluding hydrogens is 492 g/mol. The minimum Gasteiger partial charge on any atom is -0.497 e. The van der Waals surface area contributed by atoms with Crippen molar-refractivity contribution >= 4 is 34.6 Å². The molecule has 0 saturated carbocycles. The Morgan fingerprint density at radius 2 is 1.75 bits per heavy atom. The average Bonchev–Trinajstić information content (AvgIpc) is 3.39. The molecule has 1 N–H and O–H groups in total. The Morgan fingerprint density at radius 1 is 0.972 bits per heavy atom. The number of ether oxygens (including phenoxy) is 2. The van der Waals surface area contributed by atoms with Gasteiger partial charge in [0, 0.05) is 34.4 Å². The van der Waals surface area contributed by atoms with Crippen LogP contribution in [-0.2, 0) is 0 Å². The van der Waals surface area contributed by atoms with Crippen LogP contribution in [0, 0.1) is 13.8 Å². The molecule has 5 rings (SSSR count). The second-order valence-electron chi connectivity index (χ2n) is 8.67. The van der Waals surface area contributed by atoms with Crippen LogP contribution in [0.2, 0.25) is 5.02 Å². The monoisotopic (exact) mass is 518 g/mol. The molecule has 0 radical (unpaired) electrons. The van der Waals surface area contributed by atoms with Crippen LogP contribution in [0.3, 0.4) is 0 Å². The van der Waals surface area contributed by atoms with E-state index in [1.807, 2.05) is 66.9 Å². The third kappa shape index (κ3) is 4.18. The van der Waals surface area contributed by atoms with Crippen LogP contribution < -0.4 is 19.7 Å². The Kier molecular flexibility index (Phi) is 6.60. The van der Waals surface area contributed by atoms with Crippen molar-refractivity contribution in [3.63, 3.8) is 0 Å². The molecule has 1 saturated heterocycles. The second-order valence-corrected chi connectivity index (χ2v) is 9.50.